The van der Waals surface area contributed by atoms with E-state index in [2.05, 4.69) is 5.32 Å². The third-order valence-corrected chi connectivity index (χ3v) is 3.49. The molecular formula is C18H19NO3. The summed E-state index contributed by atoms with van der Waals surface area (Å²) < 4.78 is 11.2. The number of benzene rings is 2. The maximum Gasteiger partial charge on any atom is 0.255 e. The van der Waals surface area contributed by atoms with E-state index in [9.17, 15) is 4.79 Å². The van der Waals surface area contributed by atoms with Gasteiger partial charge in [0.25, 0.3) is 5.91 Å². The molecule has 0 aromatic heterocycles. The fourth-order valence-corrected chi connectivity index (χ4v) is 2.55. The van der Waals surface area contributed by atoms with Gasteiger partial charge in [-0.2, -0.15) is 0 Å². The van der Waals surface area contributed by atoms with Crippen LogP contribution in [0.25, 0.3) is 0 Å². The predicted molar refractivity (Wildman–Crippen MR) is 85.9 cm³/mol. The molecule has 2 aromatic carbocycles. The molecule has 2 aromatic rings. The molecule has 1 heterocycles. The van der Waals surface area contributed by atoms with Crippen LogP contribution in [-0.4, -0.2) is 19.1 Å². The standard InChI is InChI=1S/C18H19NO3/c1-12-8-13(2)10-14(9-12)18(20)19-15-4-5-16-17(11-15)22-7-3-6-21-16/h4-5,8-11H,3,6-7H2,1-2H3,(H,19,20). The minimum absolute atomic E-state index is 0.124. The maximum absolute atomic E-state index is 12.4. The predicted octanol–water partition coefficient (Wildman–Crippen LogP) is 3.72. The van der Waals surface area contributed by atoms with Crippen LogP contribution in [-0.2, 0) is 0 Å². The molecule has 3 rings (SSSR count). The smallest absolute Gasteiger partial charge is 0.255 e. The van der Waals surface area contributed by atoms with E-state index < -0.39 is 0 Å². The van der Waals surface area contributed by atoms with Crippen molar-refractivity contribution in [3.05, 3.63) is 53.1 Å². The van der Waals surface area contributed by atoms with Gasteiger partial charge in [-0.15, -0.1) is 0 Å². The van der Waals surface area contributed by atoms with Crippen molar-refractivity contribution in [3.63, 3.8) is 0 Å². The second-order valence-electron chi connectivity index (χ2n) is 5.54. The van der Waals surface area contributed by atoms with Gasteiger partial charge in [-0.25, -0.2) is 0 Å². The number of aryl methyl sites for hydroxylation is 2. The first-order chi connectivity index (χ1) is 10.6. The van der Waals surface area contributed by atoms with Crippen LogP contribution in [0.4, 0.5) is 5.69 Å². The summed E-state index contributed by atoms with van der Waals surface area (Å²) in [5.74, 6) is 1.28. The first-order valence-corrected chi connectivity index (χ1v) is 7.41. The number of amides is 1. The minimum atomic E-state index is -0.124. The highest BCUT2D eigenvalue weighted by Gasteiger charge is 2.13. The van der Waals surface area contributed by atoms with E-state index in [1.807, 2.05) is 44.2 Å². The molecule has 0 spiro atoms. The number of hydrogen-bond donors (Lipinski definition) is 1. The van der Waals surface area contributed by atoms with Gasteiger partial charge in [-0.3, -0.25) is 4.79 Å². The average Bonchev–Trinajstić information content (AvgIpc) is 2.71. The van der Waals surface area contributed by atoms with Gasteiger partial charge in [0, 0.05) is 23.7 Å². The monoisotopic (exact) mass is 297 g/mol. The van der Waals surface area contributed by atoms with Crippen molar-refractivity contribution in [1.29, 1.82) is 0 Å². The van der Waals surface area contributed by atoms with Crippen molar-refractivity contribution >= 4 is 11.6 Å². The highest BCUT2D eigenvalue weighted by atomic mass is 16.5. The number of anilines is 1. The average molecular weight is 297 g/mol. The third-order valence-electron chi connectivity index (χ3n) is 3.49. The summed E-state index contributed by atoms with van der Waals surface area (Å²) in [6, 6.07) is 11.3. The number of hydrogen-bond acceptors (Lipinski definition) is 3. The summed E-state index contributed by atoms with van der Waals surface area (Å²) in [5, 5.41) is 2.91. The molecule has 4 nitrogen and oxygen atoms in total. The van der Waals surface area contributed by atoms with Gasteiger partial charge in [-0.05, 0) is 38.1 Å². The summed E-state index contributed by atoms with van der Waals surface area (Å²) in [6.07, 6.45) is 0.860. The second kappa shape index (κ2) is 6.10. The molecular weight excluding hydrogens is 278 g/mol. The fraction of sp³-hybridized carbons (Fsp3) is 0.278. The Morgan fingerprint density at radius 1 is 0.955 bits per heavy atom. The van der Waals surface area contributed by atoms with Crippen molar-refractivity contribution in [2.45, 2.75) is 20.3 Å². The SMILES string of the molecule is Cc1cc(C)cc(C(=O)Nc2ccc3c(c2)OCCCO3)c1. The van der Waals surface area contributed by atoms with E-state index in [-0.39, 0.29) is 5.91 Å². The van der Waals surface area contributed by atoms with Gasteiger partial charge in [0.2, 0.25) is 0 Å². The lowest BCUT2D eigenvalue weighted by Crippen LogP contribution is -2.12. The van der Waals surface area contributed by atoms with Gasteiger partial charge in [-0.1, -0.05) is 17.2 Å². The molecule has 1 aliphatic rings. The number of ether oxygens (including phenoxy) is 2. The zero-order valence-corrected chi connectivity index (χ0v) is 12.8. The first-order valence-electron chi connectivity index (χ1n) is 7.41. The molecule has 0 saturated heterocycles. The van der Waals surface area contributed by atoms with Crippen LogP contribution in [0.2, 0.25) is 0 Å². The molecule has 1 amide bonds. The normalized spacial score (nSPS) is 13.4. The van der Waals surface area contributed by atoms with Crippen LogP contribution in [0.5, 0.6) is 11.5 Å². The van der Waals surface area contributed by atoms with Gasteiger partial charge < -0.3 is 14.8 Å². The van der Waals surface area contributed by atoms with E-state index in [1.54, 1.807) is 6.07 Å². The molecule has 114 valence electrons. The minimum Gasteiger partial charge on any atom is -0.490 e. The number of carbonyl (C=O) groups is 1. The molecule has 1 aliphatic heterocycles. The van der Waals surface area contributed by atoms with Crippen LogP contribution in [0.15, 0.2) is 36.4 Å². The van der Waals surface area contributed by atoms with E-state index >= 15 is 0 Å². The molecule has 0 atom stereocenters. The van der Waals surface area contributed by atoms with E-state index in [1.165, 1.54) is 0 Å². The lowest BCUT2D eigenvalue weighted by Gasteiger charge is -2.11. The number of carbonyl (C=O) groups excluding carboxylic acids is 1. The zero-order valence-electron chi connectivity index (χ0n) is 12.8. The highest BCUT2D eigenvalue weighted by Crippen LogP contribution is 2.32. The zero-order chi connectivity index (χ0) is 15.5. The molecule has 0 bridgehead atoms. The van der Waals surface area contributed by atoms with Crippen LogP contribution in [0.1, 0.15) is 27.9 Å². The quantitative estimate of drug-likeness (QED) is 0.919. The largest absolute Gasteiger partial charge is 0.490 e. The summed E-state index contributed by atoms with van der Waals surface area (Å²) in [5.41, 5.74) is 3.51. The first kappa shape index (κ1) is 14.4. The van der Waals surface area contributed by atoms with Crippen LogP contribution in [0, 0.1) is 13.8 Å². The lowest BCUT2D eigenvalue weighted by atomic mass is 10.1. The number of rotatable bonds is 2. The summed E-state index contributed by atoms with van der Waals surface area (Å²) >= 11 is 0. The van der Waals surface area contributed by atoms with Gasteiger partial charge in [0.15, 0.2) is 11.5 Å². The second-order valence-corrected chi connectivity index (χ2v) is 5.54. The fourth-order valence-electron chi connectivity index (χ4n) is 2.55. The Morgan fingerprint density at radius 2 is 1.64 bits per heavy atom. The number of nitrogens with one attached hydrogen (secondary N) is 1. The van der Waals surface area contributed by atoms with Gasteiger partial charge >= 0.3 is 0 Å². The van der Waals surface area contributed by atoms with Crippen molar-refractivity contribution in [2.24, 2.45) is 0 Å². The Morgan fingerprint density at radius 3 is 2.36 bits per heavy atom. The van der Waals surface area contributed by atoms with E-state index in [4.69, 9.17) is 9.47 Å². The molecule has 22 heavy (non-hydrogen) atoms. The van der Waals surface area contributed by atoms with Crippen LogP contribution in [0.3, 0.4) is 0 Å². The Bertz CT molecular complexity index is 689. The summed E-state index contributed by atoms with van der Waals surface area (Å²) in [6.45, 7) is 5.25. The Kier molecular flexibility index (Phi) is 4.00. The molecule has 0 fully saturated rings. The van der Waals surface area contributed by atoms with Crippen LogP contribution >= 0.6 is 0 Å². The summed E-state index contributed by atoms with van der Waals surface area (Å²) in [7, 11) is 0. The molecule has 0 radical (unpaired) electrons. The molecule has 1 N–H and O–H groups in total. The molecule has 4 heteroatoms. The Hall–Kier alpha value is -2.49. The highest BCUT2D eigenvalue weighted by molar-refractivity contribution is 6.04. The summed E-state index contributed by atoms with van der Waals surface area (Å²) in [4.78, 5) is 12.4. The molecule has 0 saturated carbocycles. The van der Waals surface area contributed by atoms with Gasteiger partial charge in [0.1, 0.15) is 0 Å². The maximum atomic E-state index is 12.4. The topological polar surface area (TPSA) is 47.6 Å². The van der Waals surface area contributed by atoms with Crippen molar-refractivity contribution in [1.82, 2.24) is 0 Å². The van der Waals surface area contributed by atoms with Crippen molar-refractivity contribution in [2.75, 3.05) is 18.5 Å². The Labute approximate surface area is 130 Å². The number of fused-ring (bicyclic) bond motifs is 1. The van der Waals surface area contributed by atoms with Crippen LogP contribution < -0.4 is 14.8 Å². The Balaban J connectivity index is 1.80. The molecule has 0 unspecified atom stereocenters. The molecule has 0 aliphatic carbocycles. The van der Waals surface area contributed by atoms with E-state index in [0.717, 1.165) is 23.3 Å². The lowest BCUT2D eigenvalue weighted by molar-refractivity contribution is 0.102. The van der Waals surface area contributed by atoms with Crippen molar-refractivity contribution in [3.8, 4) is 11.5 Å². The van der Waals surface area contributed by atoms with E-state index in [0.29, 0.717) is 30.2 Å². The third kappa shape index (κ3) is 3.22. The van der Waals surface area contributed by atoms with Gasteiger partial charge in [0.05, 0.1) is 13.2 Å². The van der Waals surface area contributed by atoms with Crippen molar-refractivity contribution < 1.29 is 14.3 Å².